The minimum Gasteiger partial charge on any atom is -0.497 e. The van der Waals surface area contributed by atoms with Crippen LogP contribution in [0.15, 0.2) is 24.3 Å². The molecule has 1 aromatic carbocycles. The lowest BCUT2D eigenvalue weighted by Gasteiger charge is -2.38. The Kier molecular flexibility index (Phi) is 5.58. The van der Waals surface area contributed by atoms with E-state index in [-0.39, 0.29) is 36.3 Å². The number of methoxy groups -OCH3 is 1. The predicted molar refractivity (Wildman–Crippen MR) is 93.1 cm³/mol. The van der Waals surface area contributed by atoms with Crippen molar-refractivity contribution in [1.29, 1.82) is 0 Å². The average molecular weight is 346 g/mol. The van der Waals surface area contributed by atoms with Gasteiger partial charge < -0.3 is 20.1 Å². The Morgan fingerprint density at radius 3 is 2.80 bits per heavy atom. The molecule has 0 aromatic heterocycles. The van der Waals surface area contributed by atoms with Gasteiger partial charge in [-0.1, -0.05) is 12.1 Å². The van der Waals surface area contributed by atoms with Crippen molar-refractivity contribution in [1.82, 2.24) is 10.2 Å². The highest BCUT2D eigenvalue weighted by molar-refractivity contribution is 5.82. The summed E-state index contributed by atoms with van der Waals surface area (Å²) in [6.07, 6.45) is 2.90. The molecule has 6 heteroatoms. The van der Waals surface area contributed by atoms with Gasteiger partial charge in [0, 0.05) is 31.5 Å². The van der Waals surface area contributed by atoms with Crippen LogP contribution in [0.5, 0.6) is 5.75 Å². The molecule has 3 rings (SSSR count). The Bertz CT molecular complexity index is 630. The molecule has 6 nitrogen and oxygen atoms in total. The number of aliphatic hydroxyl groups is 1. The molecule has 0 spiro atoms. The van der Waals surface area contributed by atoms with Crippen molar-refractivity contribution in [2.24, 2.45) is 11.8 Å². The first kappa shape index (κ1) is 17.7. The maximum Gasteiger partial charge on any atom is 0.227 e. The summed E-state index contributed by atoms with van der Waals surface area (Å²) in [5.41, 5.74) is 0.909. The number of carbonyl (C=O) groups is 2. The zero-order valence-corrected chi connectivity index (χ0v) is 14.6. The number of nitrogens with one attached hydrogen (secondary N) is 1. The van der Waals surface area contributed by atoms with E-state index in [0.717, 1.165) is 24.2 Å². The number of benzene rings is 1. The molecule has 2 atom stereocenters. The van der Waals surface area contributed by atoms with Crippen LogP contribution in [-0.2, 0) is 16.0 Å². The first-order chi connectivity index (χ1) is 12.1. The first-order valence-electron chi connectivity index (χ1n) is 8.92. The van der Waals surface area contributed by atoms with Crippen LogP contribution < -0.4 is 10.1 Å². The van der Waals surface area contributed by atoms with Gasteiger partial charge in [0.25, 0.3) is 0 Å². The summed E-state index contributed by atoms with van der Waals surface area (Å²) in [4.78, 5) is 26.5. The van der Waals surface area contributed by atoms with E-state index in [1.165, 1.54) is 0 Å². The van der Waals surface area contributed by atoms with Crippen LogP contribution in [0.4, 0.5) is 0 Å². The lowest BCUT2D eigenvalue weighted by atomic mass is 9.91. The molecule has 0 bridgehead atoms. The third kappa shape index (κ3) is 4.51. The van der Waals surface area contributed by atoms with E-state index in [1.54, 1.807) is 12.0 Å². The lowest BCUT2D eigenvalue weighted by molar-refractivity contribution is -0.134. The number of nitrogens with zero attached hydrogens (tertiary/aromatic N) is 1. The summed E-state index contributed by atoms with van der Waals surface area (Å²) in [5.74, 6) is 0.977. The van der Waals surface area contributed by atoms with Crippen LogP contribution in [0, 0.1) is 11.8 Å². The zero-order chi connectivity index (χ0) is 17.8. The molecule has 2 amide bonds. The molecule has 1 saturated heterocycles. The summed E-state index contributed by atoms with van der Waals surface area (Å²) in [6, 6.07) is 7.33. The quantitative estimate of drug-likeness (QED) is 0.805. The van der Waals surface area contributed by atoms with Gasteiger partial charge in [-0.25, -0.2) is 0 Å². The summed E-state index contributed by atoms with van der Waals surface area (Å²) in [6.45, 7) is 1.11. The monoisotopic (exact) mass is 346 g/mol. The van der Waals surface area contributed by atoms with Crippen molar-refractivity contribution in [2.75, 3.05) is 26.8 Å². The Hall–Kier alpha value is -2.08. The summed E-state index contributed by atoms with van der Waals surface area (Å²) in [5, 5.41) is 12.6. The third-order valence-electron chi connectivity index (χ3n) is 5.11. The Morgan fingerprint density at radius 2 is 2.12 bits per heavy atom. The molecule has 2 fully saturated rings. The van der Waals surface area contributed by atoms with Gasteiger partial charge in [-0.05, 0) is 37.0 Å². The number of hydrogen-bond donors (Lipinski definition) is 2. The number of ether oxygens (including phenoxy) is 1. The molecule has 1 aliphatic heterocycles. The fourth-order valence-corrected chi connectivity index (χ4v) is 3.32. The van der Waals surface area contributed by atoms with E-state index in [2.05, 4.69) is 5.32 Å². The number of hydrogen-bond acceptors (Lipinski definition) is 4. The fraction of sp³-hybridized carbons (Fsp3) is 0.579. The highest BCUT2D eigenvalue weighted by Crippen LogP contribution is 2.30. The Balaban J connectivity index is 1.60. The van der Waals surface area contributed by atoms with Crippen LogP contribution in [-0.4, -0.2) is 54.7 Å². The van der Waals surface area contributed by atoms with Crippen molar-refractivity contribution in [3.63, 3.8) is 0 Å². The second-order valence-corrected chi connectivity index (χ2v) is 6.99. The van der Waals surface area contributed by atoms with Crippen LogP contribution in [0.2, 0.25) is 0 Å². The average Bonchev–Trinajstić information content (AvgIpc) is 3.47. The predicted octanol–water partition coefficient (Wildman–Crippen LogP) is 0.973. The lowest BCUT2D eigenvalue weighted by Crippen LogP contribution is -2.55. The van der Waals surface area contributed by atoms with Crippen molar-refractivity contribution >= 4 is 11.8 Å². The number of aliphatic hydroxyl groups excluding tert-OH is 1. The van der Waals surface area contributed by atoms with Crippen molar-refractivity contribution in [3.05, 3.63) is 29.8 Å². The Morgan fingerprint density at radius 1 is 1.32 bits per heavy atom. The molecule has 1 saturated carbocycles. The van der Waals surface area contributed by atoms with Gasteiger partial charge in [0.1, 0.15) is 5.75 Å². The smallest absolute Gasteiger partial charge is 0.227 e. The standard InChI is InChI=1S/C19H26N2O4/c1-25-16-4-2-3-13(9-16)10-18(23)21-8-7-15(12-22)17(11-21)20-19(24)14-5-6-14/h2-4,9,14-15,17,22H,5-8,10-12H2,1H3,(H,20,24)/t15-,17-/m1/s1. The van der Waals surface area contributed by atoms with Crippen molar-refractivity contribution in [2.45, 2.75) is 31.7 Å². The van der Waals surface area contributed by atoms with Gasteiger partial charge in [0.2, 0.25) is 11.8 Å². The highest BCUT2D eigenvalue weighted by atomic mass is 16.5. The fourth-order valence-electron chi connectivity index (χ4n) is 3.32. The van der Waals surface area contributed by atoms with Crippen LogP contribution in [0.1, 0.15) is 24.8 Å². The van der Waals surface area contributed by atoms with E-state index in [9.17, 15) is 14.7 Å². The molecule has 1 heterocycles. The SMILES string of the molecule is COc1cccc(CC(=O)N2CC[C@H](CO)[C@H](NC(=O)C3CC3)C2)c1. The molecule has 1 aromatic rings. The van der Waals surface area contributed by atoms with E-state index in [1.807, 2.05) is 24.3 Å². The topological polar surface area (TPSA) is 78.9 Å². The van der Waals surface area contributed by atoms with E-state index in [0.29, 0.717) is 25.9 Å². The maximum atomic E-state index is 12.6. The van der Waals surface area contributed by atoms with Gasteiger partial charge in [0.05, 0.1) is 19.6 Å². The first-order valence-corrected chi connectivity index (χ1v) is 8.92. The molecule has 2 aliphatic rings. The zero-order valence-electron chi connectivity index (χ0n) is 14.6. The number of piperidine rings is 1. The molecule has 0 unspecified atom stereocenters. The Labute approximate surface area is 148 Å². The second-order valence-electron chi connectivity index (χ2n) is 6.99. The molecule has 136 valence electrons. The van der Waals surface area contributed by atoms with Crippen LogP contribution in [0.3, 0.4) is 0 Å². The van der Waals surface area contributed by atoms with E-state index >= 15 is 0 Å². The van der Waals surface area contributed by atoms with Gasteiger partial charge in [0.15, 0.2) is 0 Å². The maximum absolute atomic E-state index is 12.6. The van der Waals surface area contributed by atoms with Crippen molar-refractivity contribution < 1.29 is 19.4 Å². The summed E-state index contributed by atoms with van der Waals surface area (Å²) in [7, 11) is 1.60. The van der Waals surface area contributed by atoms with Gasteiger partial charge >= 0.3 is 0 Å². The highest BCUT2D eigenvalue weighted by Gasteiger charge is 2.36. The summed E-state index contributed by atoms with van der Waals surface area (Å²) >= 11 is 0. The molecular weight excluding hydrogens is 320 g/mol. The third-order valence-corrected chi connectivity index (χ3v) is 5.11. The van der Waals surface area contributed by atoms with Crippen molar-refractivity contribution in [3.8, 4) is 5.75 Å². The molecular formula is C19H26N2O4. The van der Waals surface area contributed by atoms with Gasteiger partial charge in [-0.15, -0.1) is 0 Å². The minimum absolute atomic E-state index is 0.0172. The molecule has 25 heavy (non-hydrogen) atoms. The number of carbonyl (C=O) groups excluding carboxylic acids is 2. The normalized spacial score (nSPS) is 23.2. The van der Waals surface area contributed by atoms with E-state index in [4.69, 9.17) is 4.74 Å². The van der Waals surface area contributed by atoms with Crippen LogP contribution >= 0.6 is 0 Å². The van der Waals surface area contributed by atoms with Crippen LogP contribution in [0.25, 0.3) is 0 Å². The largest absolute Gasteiger partial charge is 0.497 e. The summed E-state index contributed by atoms with van der Waals surface area (Å²) < 4.78 is 5.20. The molecule has 2 N–H and O–H groups in total. The number of likely N-dealkylation sites (tertiary alicyclic amines) is 1. The van der Waals surface area contributed by atoms with Gasteiger partial charge in [-0.3, -0.25) is 9.59 Å². The number of rotatable bonds is 6. The van der Waals surface area contributed by atoms with Gasteiger partial charge in [-0.2, -0.15) is 0 Å². The molecule has 1 aliphatic carbocycles. The van der Waals surface area contributed by atoms with E-state index < -0.39 is 0 Å². The number of amides is 2. The minimum atomic E-state index is -0.166. The molecule has 0 radical (unpaired) electrons. The second kappa shape index (κ2) is 7.87.